The number of nitrogens with one attached hydrogen (secondary N) is 2. The Bertz CT molecular complexity index is 989. The Morgan fingerprint density at radius 2 is 1.81 bits per heavy atom. The van der Waals surface area contributed by atoms with Crippen LogP contribution in [0.15, 0.2) is 78.3 Å². The van der Waals surface area contributed by atoms with E-state index >= 15 is 0 Å². The Balaban J connectivity index is 1.60. The van der Waals surface area contributed by atoms with Gasteiger partial charge in [0.05, 0.1) is 6.04 Å². The van der Waals surface area contributed by atoms with Gasteiger partial charge in [-0.1, -0.05) is 54.6 Å². The number of carbonyl (C=O) groups excluding carboxylic acids is 1. The van der Waals surface area contributed by atoms with E-state index in [9.17, 15) is 4.79 Å². The summed E-state index contributed by atoms with van der Waals surface area (Å²) < 4.78 is 0. The van der Waals surface area contributed by atoms with Gasteiger partial charge in [0.1, 0.15) is 0 Å². The Morgan fingerprint density at radius 3 is 2.62 bits per heavy atom. The van der Waals surface area contributed by atoms with Crippen LogP contribution in [0.25, 0.3) is 10.9 Å². The van der Waals surface area contributed by atoms with E-state index in [0.29, 0.717) is 0 Å². The zero-order valence-corrected chi connectivity index (χ0v) is 15.1. The smallest absolute Gasteiger partial charge is 0.186 e. The van der Waals surface area contributed by atoms with Crippen LogP contribution in [0, 0.1) is 0 Å². The van der Waals surface area contributed by atoms with Crippen LogP contribution in [0.2, 0.25) is 0 Å². The lowest BCUT2D eigenvalue weighted by atomic mass is 9.97. The van der Waals surface area contributed by atoms with E-state index in [1.165, 1.54) is 4.88 Å². The molecule has 2 aromatic carbocycles. The monoisotopic (exact) mass is 360 g/mol. The van der Waals surface area contributed by atoms with Crippen molar-refractivity contribution >= 4 is 28.0 Å². The molecule has 0 saturated heterocycles. The Labute approximate surface area is 156 Å². The van der Waals surface area contributed by atoms with E-state index in [1.54, 1.807) is 11.3 Å². The summed E-state index contributed by atoms with van der Waals surface area (Å²) in [5, 5.41) is 6.53. The van der Waals surface area contributed by atoms with Crippen molar-refractivity contribution in [1.82, 2.24) is 10.3 Å². The number of benzene rings is 2. The van der Waals surface area contributed by atoms with E-state index in [0.717, 1.165) is 35.0 Å². The van der Waals surface area contributed by atoms with Gasteiger partial charge >= 0.3 is 0 Å². The molecule has 130 valence electrons. The minimum absolute atomic E-state index is 0.0971. The van der Waals surface area contributed by atoms with Gasteiger partial charge in [-0.25, -0.2) is 0 Å². The summed E-state index contributed by atoms with van der Waals surface area (Å²) in [7, 11) is 0. The standard InChI is InChI=1S/C22H20N2OS/c25-22(19-15-24-20-11-5-4-10-18(19)20)21(16-7-2-1-3-8-16)23-13-12-17-9-6-14-26-17/h1-11,14-15,21,23-24H,12-13H2/t21-/m1/s1. The Hall–Kier alpha value is -2.69. The molecule has 0 bridgehead atoms. The summed E-state index contributed by atoms with van der Waals surface area (Å²) in [5.41, 5.74) is 2.72. The molecule has 0 fully saturated rings. The fourth-order valence-electron chi connectivity index (χ4n) is 3.23. The van der Waals surface area contributed by atoms with Crippen molar-refractivity contribution in [3.63, 3.8) is 0 Å². The van der Waals surface area contributed by atoms with E-state index in [1.807, 2.05) is 60.8 Å². The van der Waals surface area contributed by atoms with E-state index in [2.05, 4.69) is 27.8 Å². The number of aromatic nitrogens is 1. The van der Waals surface area contributed by atoms with Gasteiger partial charge in [-0.15, -0.1) is 11.3 Å². The molecule has 4 aromatic rings. The van der Waals surface area contributed by atoms with Crippen molar-refractivity contribution in [2.75, 3.05) is 6.54 Å². The molecule has 0 amide bonds. The fourth-order valence-corrected chi connectivity index (χ4v) is 3.94. The zero-order valence-electron chi connectivity index (χ0n) is 14.3. The van der Waals surface area contributed by atoms with Gasteiger partial charge in [-0.3, -0.25) is 4.79 Å². The summed E-state index contributed by atoms with van der Waals surface area (Å²) in [6.07, 6.45) is 2.74. The molecule has 0 spiro atoms. The summed E-state index contributed by atoms with van der Waals surface area (Å²) in [6.45, 7) is 0.758. The van der Waals surface area contributed by atoms with Crippen molar-refractivity contribution in [1.29, 1.82) is 0 Å². The lowest BCUT2D eigenvalue weighted by Crippen LogP contribution is -2.30. The van der Waals surface area contributed by atoms with Crippen molar-refractivity contribution in [2.24, 2.45) is 0 Å². The molecule has 2 heterocycles. The first kappa shape index (κ1) is 16.8. The molecule has 0 saturated carbocycles. The lowest BCUT2D eigenvalue weighted by Gasteiger charge is -2.18. The van der Waals surface area contributed by atoms with Gasteiger partial charge in [0.2, 0.25) is 0 Å². The number of carbonyl (C=O) groups is 1. The highest BCUT2D eigenvalue weighted by molar-refractivity contribution is 7.09. The average Bonchev–Trinajstić information content (AvgIpc) is 3.35. The zero-order chi connectivity index (χ0) is 17.8. The number of H-pyrrole nitrogens is 1. The molecular weight excluding hydrogens is 340 g/mol. The number of fused-ring (bicyclic) bond motifs is 1. The molecule has 0 unspecified atom stereocenters. The number of Topliss-reactive ketones (excluding diaryl/α,β-unsaturated/α-hetero) is 1. The highest BCUT2D eigenvalue weighted by Crippen LogP contribution is 2.24. The molecule has 3 nitrogen and oxygen atoms in total. The predicted molar refractivity (Wildman–Crippen MR) is 108 cm³/mol. The highest BCUT2D eigenvalue weighted by atomic mass is 32.1. The van der Waals surface area contributed by atoms with Gasteiger partial charge in [0.15, 0.2) is 5.78 Å². The van der Waals surface area contributed by atoms with Gasteiger partial charge < -0.3 is 10.3 Å². The Morgan fingerprint density at radius 1 is 1.00 bits per heavy atom. The topological polar surface area (TPSA) is 44.9 Å². The second-order valence-electron chi connectivity index (χ2n) is 6.24. The first-order chi connectivity index (χ1) is 12.8. The predicted octanol–water partition coefficient (Wildman–Crippen LogP) is 4.99. The second kappa shape index (κ2) is 7.68. The fraction of sp³-hybridized carbons (Fsp3) is 0.136. The molecule has 26 heavy (non-hydrogen) atoms. The molecule has 4 rings (SSSR count). The summed E-state index contributed by atoms with van der Waals surface area (Å²) in [4.78, 5) is 17.9. The summed E-state index contributed by atoms with van der Waals surface area (Å²) in [6, 6.07) is 21.7. The maximum absolute atomic E-state index is 13.3. The van der Waals surface area contributed by atoms with Crippen LogP contribution in [-0.2, 0) is 6.42 Å². The molecule has 0 aliphatic carbocycles. The molecule has 4 heteroatoms. The van der Waals surface area contributed by atoms with Gasteiger partial charge in [0, 0.05) is 34.1 Å². The minimum Gasteiger partial charge on any atom is -0.360 e. The van der Waals surface area contributed by atoms with Crippen molar-refractivity contribution in [2.45, 2.75) is 12.5 Å². The summed E-state index contributed by atoms with van der Waals surface area (Å²) in [5.74, 6) is 0.0971. The highest BCUT2D eigenvalue weighted by Gasteiger charge is 2.23. The lowest BCUT2D eigenvalue weighted by molar-refractivity contribution is 0.0945. The third kappa shape index (κ3) is 3.47. The molecule has 0 radical (unpaired) electrons. The minimum atomic E-state index is -0.352. The normalized spacial score (nSPS) is 12.3. The summed E-state index contributed by atoms with van der Waals surface area (Å²) >= 11 is 1.75. The maximum Gasteiger partial charge on any atom is 0.186 e. The second-order valence-corrected chi connectivity index (χ2v) is 7.27. The van der Waals surface area contributed by atoms with Crippen LogP contribution in [0.1, 0.15) is 26.8 Å². The molecule has 0 aliphatic heterocycles. The van der Waals surface area contributed by atoms with Gasteiger partial charge in [-0.2, -0.15) is 0 Å². The maximum atomic E-state index is 13.3. The number of para-hydroxylation sites is 1. The number of hydrogen-bond acceptors (Lipinski definition) is 3. The Kier molecular flexibility index (Phi) is 4.95. The average molecular weight is 360 g/mol. The number of aromatic amines is 1. The number of hydrogen-bond donors (Lipinski definition) is 2. The van der Waals surface area contributed by atoms with Crippen LogP contribution < -0.4 is 5.32 Å². The van der Waals surface area contributed by atoms with Gasteiger partial charge in [0.25, 0.3) is 0 Å². The molecule has 2 aromatic heterocycles. The molecule has 2 N–H and O–H groups in total. The van der Waals surface area contributed by atoms with Crippen LogP contribution in [0.5, 0.6) is 0 Å². The number of thiophene rings is 1. The van der Waals surface area contributed by atoms with Crippen LogP contribution in [0.3, 0.4) is 0 Å². The van der Waals surface area contributed by atoms with Crippen LogP contribution in [0.4, 0.5) is 0 Å². The SMILES string of the molecule is O=C(c1c[nH]c2ccccc12)[C@H](NCCc1cccs1)c1ccccc1. The van der Waals surface area contributed by atoms with Crippen molar-refractivity contribution in [3.8, 4) is 0 Å². The quantitative estimate of drug-likeness (QED) is 0.456. The van der Waals surface area contributed by atoms with Crippen LogP contribution in [-0.4, -0.2) is 17.3 Å². The van der Waals surface area contributed by atoms with E-state index in [-0.39, 0.29) is 11.8 Å². The first-order valence-corrected chi connectivity index (χ1v) is 9.62. The van der Waals surface area contributed by atoms with Crippen molar-refractivity contribution < 1.29 is 4.79 Å². The third-order valence-electron chi connectivity index (χ3n) is 4.55. The molecule has 1 atom stereocenters. The number of ketones is 1. The van der Waals surface area contributed by atoms with E-state index in [4.69, 9.17) is 0 Å². The number of rotatable bonds is 7. The third-order valence-corrected chi connectivity index (χ3v) is 5.49. The largest absolute Gasteiger partial charge is 0.360 e. The molecule has 0 aliphatic rings. The van der Waals surface area contributed by atoms with Crippen LogP contribution >= 0.6 is 11.3 Å². The molecular formula is C22H20N2OS. The van der Waals surface area contributed by atoms with Gasteiger partial charge in [-0.05, 0) is 29.5 Å². The first-order valence-electron chi connectivity index (χ1n) is 8.74. The van der Waals surface area contributed by atoms with Crippen molar-refractivity contribution in [3.05, 3.63) is 94.3 Å². The van der Waals surface area contributed by atoms with E-state index < -0.39 is 0 Å².